The molecule has 11 heteroatoms. The average Bonchev–Trinajstić information content (AvgIpc) is 3.60. The van der Waals surface area contributed by atoms with Gasteiger partial charge in [0.15, 0.2) is 0 Å². The Morgan fingerprint density at radius 2 is 1.85 bits per heavy atom. The molecule has 9 nitrogen and oxygen atoms in total. The van der Waals surface area contributed by atoms with E-state index >= 15 is 0 Å². The van der Waals surface area contributed by atoms with Gasteiger partial charge in [0.25, 0.3) is 0 Å². The molecule has 1 saturated carbocycles. The van der Waals surface area contributed by atoms with Gasteiger partial charge in [0.1, 0.15) is 5.60 Å². The number of benzene rings is 1. The van der Waals surface area contributed by atoms with Crippen LogP contribution < -0.4 is 0 Å². The van der Waals surface area contributed by atoms with E-state index in [0.717, 1.165) is 6.42 Å². The molecule has 0 radical (unpaired) electrons. The molecular formula is C23H34ClN3O6S. The standard InChI is InChI=1S/C23H34ClN3O6S/c1-2-3-19-16-32-17-21(27(19)34(30,31)20-6-4-18(24)5-7-20)23(8-9-23)33-22(29)26-12-10-25(11-13-26)14-15-28/h4-7,19,21,28H,2-3,8-17H2,1H3/t19-,21-/m1/s1. The SMILES string of the molecule is CCC[C@@H]1COC[C@H](C2(OC(=O)N3CCN(CCO)CC3)CC2)N1S(=O)(=O)c1ccc(Cl)cc1. The lowest BCUT2D eigenvalue weighted by Crippen LogP contribution is -2.61. The maximum atomic E-state index is 13.8. The molecule has 1 aliphatic carbocycles. The summed E-state index contributed by atoms with van der Waals surface area (Å²) < 4.78 is 41.1. The van der Waals surface area contributed by atoms with Crippen LogP contribution in [0.4, 0.5) is 4.79 Å². The highest BCUT2D eigenvalue weighted by Gasteiger charge is 2.60. The molecular weight excluding hydrogens is 482 g/mol. The number of carbonyl (C=O) groups excluding carboxylic acids is 1. The molecule has 1 N–H and O–H groups in total. The third-order valence-electron chi connectivity index (χ3n) is 6.95. The fourth-order valence-corrected chi connectivity index (χ4v) is 6.89. The molecule has 0 unspecified atom stereocenters. The zero-order chi connectivity index (χ0) is 24.3. The van der Waals surface area contributed by atoms with Crippen molar-refractivity contribution in [1.29, 1.82) is 0 Å². The normalized spacial score (nSPS) is 25.8. The maximum Gasteiger partial charge on any atom is 0.410 e. The van der Waals surface area contributed by atoms with Gasteiger partial charge in [0.2, 0.25) is 10.0 Å². The monoisotopic (exact) mass is 515 g/mol. The number of amides is 1. The zero-order valence-electron chi connectivity index (χ0n) is 19.6. The predicted molar refractivity (Wildman–Crippen MR) is 127 cm³/mol. The molecule has 0 spiro atoms. The second-order valence-corrected chi connectivity index (χ2v) is 11.5. The number of hydrogen-bond acceptors (Lipinski definition) is 7. The third-order valence-corrected chi connectivity index (χ3v) is 9.18. The highest BCUT2D eigenvalue weighted by molar-refractivity contribution is 7.89. The van der Waals surface area contributed by atoms with E-state index in [-0.39, 0.29) is 24.2 Å². The van der Waals surface area contributed by atoms with Gasteiger partial charge in [-0.1, -0.05) is 24.9 Å². The van der Waals surface area contributed by atoms with Gasteiger partial charge in [-0.25, -0.2) is 13.2 Å². The number of sulfonamides is 1. The Hall–Kier alpha value is -1.43. The van der Waals surface area contributed by atoms with Crippen molar-refractivity contribution in [2.24, 2.45) is 0 Å². The molecule has 1 aromatic rings. The van der Waals surface area contributed by atoms with Crippen LogP contribution in [0, 0.1) is 0 Å². The van der Waals surface area contributed by atoms with E-state index in [1.54, 1.807) is 21.3 Å². The Balaban J connectivity index is 1.54. The summed E-state index contributed by atoms with van der Waals surface area (Å²) in [5.74, 6) is 0. The minimum atomic E-state index is -3.86. The first kappa shape index (κ1) is 25.7. The number of morpholine rings is 1. The molecule has 1 amide bonds. The van der Waals surface area contributed by atoms with E-state index in [1.807, 2.05) is 6.92 Å². The fourth-order valence-electron chi connectivity index (χ4n) is 4.90. The molecule has 4 rings (SSSR count). The van der Waals surface area contributed by atoms with E-state index in [1.165, 1.54) is 12.1 Å². The first-order valence-corrected chi connectivity index (χ1v) is 13.8. The molecule has 3 aliphatic rings. The van der Waals surface area contributed by atoms with Crippen LogP contribution in [0.2, 0.25) is 5.02 Å². The molecule has 1 aromatic carbocycles. The van der Waals surface area contributed by atoms with Gasteiger partial charge in [-0.15, -0.1) is 0 Å². The minimum Gasteiger partial charge on any atom is -0.441 e. The minimum absolute atomic E-state index is 0.0894. The summed E-state index contributed by atoms with van der Waals surface area (Å²) in [6, 6.07) is 5.26. The summed E-state index contributed by atoms with van der Waals surface area (Å²) in [5.41, 5.74) is -0.884. The molecule has 2 aliphatic heterocycles. The summed E-state index contributed by atoms with van der Waals surface area (Å²) in [6.07, 6.45) is 2.24. The smallest absolute Gasteiger partial charge is 0.410 e. The van der Waals surface area contributed by atoms with Crippen LogP contribution in [0.25, 0.3) is 0 Å². The number of nitrogens with zero attached hydrogens (tertiary/aromatic N) is 3. The first-order chi connectivity index (χ1) is 16.3. The van der Waals surface area contributed by atoms with Crippen molar-refractivity contribution >= 4 is 27.7 Å². The van der Waals surface area contributed by atoms with Crippen LogP contribution in [0.3, 0.4) is 0 Å². The van der Waals surface area contributed by atoms with Crippen molar-refractivity contribution in [3.8, 4) is 0 Å². The van der Waals surface area contributed by atoms with Crippen LogP contribution in [-0.4, -0.2) is 104 Å². The second kappa shape index (κ2) is 10.7. The number of rotatable bonds is 8. The van der Waals surface area contributed by atoms with E-state index in [2.05, 4.69) is 4.90 Å². The average molecular weight is 516 g/mol. The summed E-state index contributed by atoms with van der Waals surface area (Å²) in [5, 5.41) is 9.59. The van der Waals surface area contributed by atoms with Crippen molar-refractivity contribution in [1.82, 2.24) is 14.1 Å². The highest BCUT2D eigenvalue weighted by atomic mass is 35.5. The number of piperazine rings is 1. The summed E-state index contributed by atoms with van der Waals surface area (Å²) in [6.45, 7) is 5.56. The van der Waals surface area contributed by atoms with Crippen molar-refractivity contribution in [2.45, 2.75) is 55.2 Å². The maximum absolute atomic E-state index is 13.8. The number of hydrogen-bond donors (Lipinski definition) is 1. The molecule has 0 aromatic heterocycles. The van der Waals surface area contributed by atoms with E-state index in [0.29, 0.717) is 63.6 Å². The van der Waals surface area contributed by atoms with Crippen LogP contribution in [0.5, 0.6) is 0 Å². The molecule has 34 heavy (non-hydrogen) atoms. The van der Waals surface area contributed by atoms with Gasteiger partial charge in [-0.3, -0.25) is 4.90 Å². The van der Waals surface area contributed by atoms with Crippen LogP contribution in [-0.2, 0) is 19.5 Å². The van der Waals surface area contributed by atoms with Crippen molar-refractivity contribution in [3.63, 3.8) is 0 Å². The van der Waals surface area contributed by atoms with Crippen LogP contribution in [0.15, 0.2) is 29.2 Å². The molecule has 2 atom stereocenters. The zero-order valence-corrected chi connectivity index (χ0v) is 21.1. The lowest BCUT2D eigenvalue weighted by Gasteiger charge is -2.44. The largest absolute Gasteiger partial charge is 0.441 e. The number of β-amino-alcohol motifs (C(OH)–C–C–N with tert-alkyl or cyclic N) is 1. The molecule has 0 bridgehead atoms. The topological polar surface area (TPSA) is 99.6 Å². The van der Waals surface area contributed by atoms with Gasteiger partial charge < -0.3 is 19.5 Å². The lowest BCUT2D eigenvalue weighted by molar-refractivity contribution is -0.0740. The van der Waals surface area contributed by atoms with Gasteiger partial charge in [-0.05, 0) is 43.5 Å². The summed E-state index contributed by atoms with van der Waals surface area (Å²) in [4.78, 5) is 17.0. The van der Waals surface area contributed by atoms with E-state index in [9.17, 15) is 13.2 Å². The van der Waals surface area contributed by atoms with Crippen LogP contribution in [0.1, 0.15) is 32.6 Å². The van der Waals surface area contributed by atoms with Crippen molar-refractivity contribution in [3.05, 3.63) is 29.3 Å². The molecule has 2 heterocycles. The van der Waals surface area contributed by atoms with Gasteiger partial charge in [-0.2, -0.15) is 4.31 Å². The summed E-state index contributed by atoms with van der Waals surface area (Å²) in [7, 11) is -3.86. The third kappa shape index (κ3) is 5.37. The summed E-state index contributed by atoms with van der Waals surface area (Å²) >= 11 is 5.99. The van der Waals surface area contributed by atoms with Crippen LogP contribution >= 0.6 is 11.6 Å². The molecule has 190 valence electrons. The quantitative estimate of drug-likeness (QED) is 0.566. The Labute approximate surface area is 206 Å². The van der Waals surface area contributed by atoms with Crippen molar-refractivity contribution in [2.75, 3.05) is 52.5 Å². The number of carbonyl (C=O) groups is 1. The highest BCUT2D eigenvalue weighted by Crippen LogP contribution is 2.48. The van der Waals surface area contributed by atoms with Crippen molar-refractivity contribution < 1.29 is 27.8 Å². The number of aliphatic hydroxyl groups excluding tert-OH is 1. The first-order valence-electron chi connectivity index (χ1n) is 12.0. The number of aliphatic hydroxyl groups is 1. The lowest BCUT2D eigenvalue weighted by atomic mass is 10.0. The molecule has 2 saturated heterocycles. The second-order valence-electron chi connectivity index (χ2n) is 9.27. The van der Waals surface area contributed by atoms with Gasteiger partial charge >= 0.3 is 6.09 Å². The van der Waals surface area contributed by atoms with E-state index in [4.69, 9.17) is 26.2 Å². The van der Waals surface area contributed by atoms with Gasteiger partial charge in [0.05, 0.1) is 30.8 Å². The molecule has 3 fully saturated rings. The number of ether oxygens (including phenoxy) is 2. The predicted octanol–water partition coefficient (Wildman–Crippen LogP) is 2.18. The Kier molecular flexibility index (Phi) is 8.06. The Bertz CT molecular complexity index is 946. The van der Waals surface area contributed by atoms with E-state index < -0.39 is 27.8 Å². The van der Waals surface area contributed by atoms with Gasteiger partial charge in [0, 0.05) is 43.8 Å². The fraction of sp³-hybridized carbons (Fsp3) is 0.696. The Morgan fingerprint density at radius 1 is 1.18 bits per heavy atom. The number of halogens is 1. The Morgan fingerprint density at radius 3 is 2.44 bits per heavy atom.